The number of benzene rings is 2. The zero-order chi connectivity index (χ0) is 21.2. The van der Waals surface area contributed by atoms with Gasteiger partial charge in [-0.1, -0.05) is 36.4 Å². The highest BCUT2D eigenvalue weighted by Crippen LogP contribution is 2.35. The van der Waals surface area contributed by atoms with Crippen molar-refractivity contribution in [3.8, 4) is 11.1 Å². The second-order valence-corrected chi connectivity index (χ2v) is 8.41. The van der Waals surface area contributed by atoms with Crippen LogP contribution < -0.4 is 0 Å². The predicted molar refractivity (Wildman–Crippen MR) is 108 cm³/mol. The van der Waals surface area contributed by atoms with Gasteiger partial charge in [0.05, 0.1) is 12.6 Å². The van der Waals surface area contributed by atoms with E-state index in [0.717, 1.165) is 23.0 Å². The second kappa shape index (κ2) is 8.33. The number of hydrogen-bond donors (Lipinski definition) is 1. The first-order chi connectivity index (χ1) is 13.7. The zero-order valence-corrected chi connectivity index (χ0v) is 16.8. The Labute approximate surface area is 170 Å². The molecule has 5 nitrogen and oxygen atoms in total. The lowest BCUT2D eigenvalue weighted by molar-refractivity contribution is -0.115. The van der Waals surface area contributed by atoms with E-state index in [2.05, 4.69) is 0 Å². The first-order valence-corrected chi connectivity index (χ1v) is 9.65. The van der Waals surface area contributed by atoms with Crippen LogP contribution in [0.25, 0.3) is 11.1 Å². The molecule has 29 heavy (non-hydrogen) atoms. The van der Waals surface area contributed by atoms with E-state index in [9.17, 15) is 19.1 Å². The van der Waals surface area contributed by atoms with Crippen LogP contribution in [0.15, 0.2) is 48.5 Å². The Morgan fingerprint density at radius 1 is 1.14 bits per heavy atom. The number of nitrogens with zero attached hydrogens (tertiary/aromatic N) is 1. The van der Waals surface area contributed by atoms with Crippen LogP contribution >= 0.6 is 0 Å². The number of amides is 1. The summed E-state index contributed by atoms with van der Waals surface area (Å²) in [5, 5.41) is 10.8. The Bertz CT molecular complexity index is 875. The molecule has 0 aromatic heterocycles. The Balaban J connectivity index is 1.84. The van der Waals surface area contributed by atoms with E-state index in [1.54, 1.807) is 32.9 Å². The van der Waals surface area contributed by atoms with Gasteiger partial charge in [0.25, 0.3) is 0 Å². The van der Waals surface area contributed by atoms with Gasteiger partial charge in [-0.3, -0.25) is 0 Å². The zero-order valence-electron chi connectivity index (χ0n) is 16.8. The number of carbonyl (C=O) groups is 2. The van der Waals surface area contributed by atoms with E-state index in [0.29, 0.717) is 0 Å². The number of halogens is 1. The van der Waals surface area contributed by atoms with Crippen LogP contribution in [-0.4, -0.2) is 47.2 Å². The predicted octanol–water partition coefficient (Wildman–Crippen LogP) is 4.00. The van der Waals surface area contributed by atoms with Gasteiger partial charge in [0.1, 0.15) is 17.7 Å². The number of aldehydes is 1. The molecule has 154 valence electrons. The second-order valence-electron chi connectivity index (χ2n) is 8.41. The van der Waals surface area contributed by atoms with Gasteiger partial charge in [0.15, 0.2) is 0 Å². The number of aliphatic hydroxyl groups is 1. The molecule has 0 radical (unpaired) electrons. The number of hydrogen-bond acceptors (Lipinski definition) is 4. The van der Waals surface area contributed by atoms with Crippen molar-refractivity contribution in [2.24, 2.45) is 5.92 Å². The number of rotatable bonds is 3. The summed E-state index contributed by atoms with van der Waals surface area (Å²) in [6, 6.07) is 13.7. The fourth-order valence-corrected chi connectivity index (χ4v) is 3.71. The van der Waals surface area contributed by atoms with E-state index in [1.165, 1.54) is 17.0 Å². The fraction of sp³-hybridized carbons (Fsp3) is 0.391. The van der Waals surface area contributed by atoms with Gasteiger partial charge < -0.3 is 19.5 Å². The summed E-state index contributed by atoms with van der Waals surface area (Å²) in [7, 11) is 0. The number of ether oxygens (including phenoxy) is 1. The highest BCUT2D eigenvalue weighted by Gasteiger charge is 2.39. The molecule has 0 bridgehead atoms. The first kappa shape index (κ1) is 21.0. The lowest BCUT2D eigenvalue weighted by atomic mass is 9.78. The lowest BCUT2D eigenvalue weighted by Gasteiger charge is -2.40. The van der Waals surface area contributed by atoms with Crippen LogP contribution in [0.4, 0.5) is 9.18 Å². The molecular weight excluding hydrogens is 373 g/mol. The maximum Gasteiger partial charge on any atom is 0.410 e. The van der Waals surface area contributed by atoms with Crippen molar-refractivity contribution in [3.05, 3.63) is 59.9 Å². The van der Waals surface area contributed by atoms with Gasteiger partial charge in [0, 0.05) is 18.4 Å². The van der Waals surface area contributed by atoms with Crippen LogP contribution in [0.3, 0.4) is 0 Å². The van der Waals surface area contributed by atoms with Crippen molar-refractivity contribution in [2.75, 3.05) is 13.1 Å². The van der Waals surface area contributed by atoms with Gasteiger partial charge in [-0.05, 0) is 49.6 Å². The first-order valence-electron chi connectivity index (χ1n) is 9.65. The van der Waals surface area contributed by atoms with E-state index in [-0.39, 0.29) is 18.9 Å². The largest absolute Gasteiger partial charge is 0.444 e. The summed E-state index contributed by atoms with van der Waals surface area (Å²) in [5.41, 5.74) is 1.87. The van der Waals surface area contributed by atoms with Crippen molar-refractivity contribution in [1.29, 1.82) is 0 Å². The molecule has 6 heteroatoms. The number of carbonyl (C=O) groups excluding carboxylic acids is 2. The Hall–Kier alpha value is -2.73. The molecule has 1 fully saturated rings. The molecule has 1 aliphatic rings. The molecule has 1 amide bonds. The SMILES string of the molecule is CC(C)(C)OC(=O)N1CC(O)[C@H](c2cccc(-c3ccc(F)cc3)c2)C(C=O)C1. The Morgan fingerprint density at radius 3 is 2.45 bits per heavy atom. The van der Waals surface area contributed by atoms with E-state index in [1.807, 2.05) is 24.3 Å². The van der Waals surface area contributed by atoms with Gasteiger partial charge in [-0.15, -0.1) is 0 Å². The smallest absolute Gasteiger partial charge is 0.410 e. The Morgan fingerprint density at radius 2 is 1.83 bits per heavy atom. The van der Waals surface area contributed by atoms with Gasteiger partial charge in [-0.25, -0.2) is 9.18 Å². The van der Waals surface area contributed by atoms with Crippen LogP contribution in [0.5, 0.6) is 0 Å². The summed E-state index contributed by atoms with van der Waals surface area (Å²) in [5.74, 6) is -1.31. The van der Waals surface area contributed by atoms with Gasteiger partial charge in [0.2, 0.25) is 0 Å². The monoisotopic (exact) mass is 399 g/mol. The number of aliphatic hydroxyl groups excluding tert-OH is 1. The minimum absolute atomic E-state index is 0.0880. The normalized spacial score (nSPS) is 22.2. The molecule has 2 unspecified atom stereocenters. The molecule has 1 heterocycles. The summed E-state index contributed by atoms with van der Waals surface area (Å²) in [4.78, 5) is 25.6. The molecular formula is C23H26FNO4. The van der Waals surface area contributed by atoms with Crippen molar-refractivity contribution >= 4 is 12.4 Å². The summed E-state index contributed by atoms with van der Waals surface area (Å²) in [6.45, 7) is 5.58. The molecule has 1 N–H and O–H groups in total. The molecule has 3 rings (SSSR count). The highest BCUT2D eigenvalue weighted by atomic mass is 19.1. The fourth-order valence-electron chi connectivity index (χ4n) is 3.71. The number of piperidine rings is 1. The minimum Gasteiger partial charge on any atom is -0.444 e. The third kappa shape index (κ3) is 5.01. The number of likely N-dealkylation sites (tertiary alicyclic amines) is 1. The Kier molecular flexibility index (Phi) is 6.03. The molecule has 3 atom stereocenters. The van der Waals surface area contributed by atoms with Crippen molar-refractivity contribution in [2.45, 2.75) is 38.4 Å². The topological polar surface area (TPSA) is 66.8 Å². The van der Waals surface area contributed by atoms with Crippen LogP contribution in [-0.2, 0) is 9.53 Å². The van der Waals surface area contributed by atoms with Crippen LogP contribution in [0.2, 0.25) is 0 Å². The molecule has 0 spiro atoms. The summed E-state index contributed by atoms with van der Waals surface area (Å²) >= 11 is 0. The van der Waals surface area contributed by atoms with E-state index in [4.69, 9.17) is 4.74 Å². The van der Waals surface area contributed by atoms with E-state index >= 15 is 0 Å². The maximum atomic E-state index is 13.2. The average Bonchev–Trinajstić information content (AvgIpc) is 2.66. The molecule has 1 aliphatic heterocycles. The summed E-state index contributed by atoms with van der Waals surface area (Å²) in [6.07, 6.45) is -0.661. The standard InChI is InChI=1S/C23H26FNO4/c1-23(2,3)29-22(28)25-12-18(14-26)21(20(27)13-25)17-6-4-5-16(11-17)15-7-9-19(24)10-8-15/h4-11,14,18,20-21,27H,12-13H2,1-3H3/t18?,20?,21-/m1/s1. The van der Waals surface area contributed by atoms with Crippen molar-refractivity contribution < 1.29 is 23.8 Å². The van der Waals surface area contributed by atoms with Crippen molar-refractivity contribution in [3.63, 3.8) is 0 Å². The lowest BCUT2D eigenvalue weighted by Crippen LogP contribution is -2.52. The summed E-state index contributed by atoms with van der Waals surface area (Å²) < 4.78 is 18.6. The van der Waals surface area contributed by atoms with E-state index < -0.39 is 29.6 Å². The molecule has 2 aromatic carbocycles. The van der Waals surface area contributed by atoms with Crippen LogP contribution in [0, 0.1) is 11.7 Å². The van der Waals surface area contributed by atoms with Crippen LogP contribution in [0.1, 0.15) is 32.3 Å². The molecule has 0 aliphatic carbocycles. The van der Waals surface area contributed by atoms with Gasteiger partial charge in [-0.2, -0.15) is 0 Å². The van der Waals surface area contributed by atoms with Gasteiger partial charge >= 0.3 is 6.09 Å². The molecule has 1 saturated heterocycles. The maximum absolute atomic E-state index is 13.2. The highest BCUT2D eigenvalue weighted by molar-refractivity contribution is 5.70. The third-order valence-corrected chi connectivity index (χ3v) is 4.99. The average molecular weight is 399 g/mol. The third-order valence-electron chi connectivity index (χ3n) is 4.99. The van der Waals surface area contributed by atoms with Crippen molar-refractivity contribution in [1.82, 2.24) is 4.90 Å². The molecule has 2 aromatic rings. The number of β-amino-alcohol motifs (C(OH)–C–C–N with tert-alkyl or cyclic N) is 1. The quantitative estimate of drug-likeness (QED) is 0.792. The minimum atomic E-state index is -0.907. The molecule has 0 saturated carbocycles.